The summed E-state index contributed by atoms with van der Waals surface area (Å²) in [6.07, 6.45) is 11.4. The number of nitrogens with one attached hydrogen (secondary N) is 2. The molecule has 5 aromatic rings. The zero-order valence-corrected chi connectivity index (χ0v) is 19.9. The predicted octanol–water partition coefficient (Wildman–Crippen LogP) is 3.18. The smallest absolute Gasteiger partial charge is 0.137 e. The normalized spacial score (nSPS) is 15.0. The summed E-state index contributed by atoms with van der Waals surface area (Å²) in [6.45, 7) is 2.20. The summed E-state index contributed by atoms with van der Waals surface area (Å²) in [6, 6.07) is 8.03. The van der Waals surface area contributed by atoms with E-state index in [0.717, 1.165) is 65.2 Å². The van der Waals surface area contributed by atoms with Crippen LogP contribution in [0.1, 0.15) is 30.5 Å². The molecule has 0 unspecified atom stereocenters. The molecule has 10 heteroatoms. The number of rotatable bonds is 9. The minimum atomic E-state index is 0.0250. The number of ether oxygens (including phenoxy) is 2. The third-order valence-corrected chi connectivity index (χ3v) is 6.94. The topological polar surface area (TPSA) is 107 Å². The third kappa shape index (κ3) is 4.15. The second-order valence-electron chi connectivity index (χ2n) is 9.19. The molecule has 6 rings (SSSR count). The first-order chi connectivity index (χ1) is 17.1. The van der Waals surface area contributed by atoms with E-state index in [4.69, 9.17) is 14.5 Å². The molecule has 0 radical (unpaired) electrons. The van der Waals surface area contributed by atoms with Crippen molar-refractivity contribution in [3.63, 3.8) is 0 Å². The van der Waals surface area contributed by atoms with Gasteiger partial charge in [0.25, 0.3) is 0 Å². The van der Waals surface area contributed by atoms with Crippen LogP contribution in [0.3, 0.4) is 0 Å². The summed E-state index contributed by atoms with van der Waals surface area (Å²) in [4.78, 5) is 4.75. The van der Waals surface area contributed by atoms with E-state index in [9.17, 15) is 0 Å². The molecule has 1 aromatic carbocycles. The van der Waals surface area contributed by atoms with Gasteiger partial charge in [0.1, 0.15) is 17.1 Å². The maximum Gasteiger partial charge on any atom is 0.137 e. The third-order valence-electron chi connectivity index (χ3n) is 6.94. The number of methoxy groups -OCH3 is 2. The first-order valence-electron chi connectivity index (χ1n) is 11.8. The van der Waals surface area contributed by atoms with Crippen LogP contribution in [0.25, 0.3) is 27.8 Å². The molecular weight excluding hydrogens is 444 g/mol. The van der Waals surface area contributed by atoms with Gasteiger partial charge in [-0.3, -0.25) is 5.10 Å². The summed E-state index contributed by atoms with van der Waals surface area (Å²) in [7, 11) is 3.46. The van der Waals surface area contributed by atoms with Crippen molar-refractivity contribution >= 4 is 16.6 Å². The van der Waals surface area contributed by atoms with Crippen molar-refractivity contribution in [2.45, 2.75) is 38.0 Å². The number of imidazole rings is 1. The van der Waals surface area contributed by atoms with Gasteiger partial charge in [-0.15, -0.1) is 5.10 Å². The molecule has 10 nitrogen and oxygen atoms in total. The average Bonchev–Trinajstić information content (AvgIpc) is 3.59. The van der Waals surface area contributed by atoms with Crippen molar-refractivity contribution < 1.29 is 9.47 Å². The van der Waals surface area contributed by atoms with Crippen LogP contribution >= 0.6 is 0 Å². The molecular formula is C25H28N8O2. The highest BCUT2D eigenvalue weighted by Gasteiger charge is 2.36. The number of fused-ring (bicyclic) bond motifs is 2. The molecule has 0 spiro atoms. The molecule has 0 saturated heterocycles. The Hall–Kier alpha value is -3.76. The molecule has 0 bridgehead atoms. The quantitative estimate of drug-likeness (QED) is 0.339. The Labute approximate surface area is 202 Å². The standard InChI is InChI=1S/C25H28N8O2/c1-34-19-8-20(21-11-27-29-22(21)9-19)23-15-33(31-30-23)14-18-13-32-12-17(4-5-24(32)28-18)10-26-16-25(35-2)6-3-7-25/h4-5,8-9,11-13,15,26H,3,6-7,10,14,16H2,1-2H3,(H,27,29). The Bertz CT molecular complexity index is 1470. The van der Waals surface area contributed by atoms with Crippen LogP contribution in [0.5, 0.6) is 5.75 Å². The van der Waals surface area contributed by atoms with Crippen molar-refractivity contribution in [1.82, 2.24) is 39.9 Å². The van der Waals surface area contributed by atoms with Crippen LogP contribution in [0, 0.1) is 0 Å². The summed E-state index contributed by atoms with van der Waals surface area (Å²) in [5.41, 5.74) is 5.62. The van der Waals surface area contributed by atoms with Gasteiger partial charge in [-0.25, -0.2) is 9.67 Å². The highest BCUT2D eigenvalue weighted by molar-refractivity contribution is 5.94. The van der Waals surface area contributed by atoms with E-state index in [-0.39, 0.29) is 5.60 Å². The number of hydrogen-bond donors (Lipinski definition) is 2. The number of benzene rings is 1. The monoisotopic (exact) mass is 472 g/mol. The molecule has 0 amide bonds. The number of H-pyrrole nitrogens is 1. The van der Waals surface area contributed by atoms with Crippen molar-refractivity contribution in [2.75, 3.05) is 20.8 Å². The molecule has 1 fully saturated rings. The Morgan fingerprint density at radius 2 is 2.06 bits per heavy atom. The van der Waals surface area contributed by atoms with E-state index in [1.54, 1.807) is 18.0 Å². The van der Waals surface area contributed by atoms with E-state index < -0.39 is 0 Å². The molecule has 1 aliphatic carbocycles. The average molecular weight is 473 g/mol. The van der Waals surface area contributed by atoms with Crippen LogP contribution in [0.4, 0.5) is 0 Å². The lowest BCUT2D eigenvalue weighted by molar-refractivity contribution is -0.0695. The van der Waals surface area contributed by atoms with Crippen molar-refractivity contribution in [2.24, 2.45) is 0 Å². The summed E-state index contributed by atoms with van der Waals surface area (Å²) >= 11 is 0. The fourth-order valence-electron chi connectivity index (χ4n) is 4.75. The Morgan fingerprint density at radius 1 is 1.14 bits per heavy atom. The van der Waals surface area contributed by atoms with Crippen LogP contribution in [-0.4, -0.2) is 60.9 Å². The van der Waals surface area contributed by atoms with Crippen LogP contribution in [0.2, 0.25) is 0 Å². The summed E-state index contributed by atoms with van der Waals surface area (Å²) in [5, 5.41) is 20.4. The van der Waals surface area contributed by atoms with Crippen molar-refractivity contribution in [1.29, 1.82) is 0 Å². The molecule has 1 aliphatic rings. The minimum Gasteiger partial charge on any atom is -0.497 e. The Kier molecular flexibility index (Phi) is 5.46. The minimum absolute atomic E-state index is 0.0250. The maximum absolute atomic E-state index is 5.70. The lowest BCUT2D eigenvalue weighted by Crippen LogP contribution is -2.47. The molecule has 0 atom stereocenters. The molecule has 1 saturated carbocycles. The summed E-state index contributed by atoms with van der Waals surface area (Å²) < 4.78 is 15.0. The number of aromatic nitrogens is 7. The van der Waals surface area contributed by atoms with Gasteiger partial charge in [0.15, 0.2) is 0 Å². The largest absolute Gasteiger partial charge is 0.497 e. The van der Waals surface area contributed by atoms with Gasteiger partial charge in [-0.1, -0.05) is 11.3 Å². The second kappa shape index (κ2) is 8.79. The fraction of sp³-hybridized carbons (Fsp3) is 0.360. The number of aromatic amines is 1. The van der Waals surface area contributed by atoms with Crippen LogP contribution in [-0.2, 0) is 17.8 Å². The molecule has 2 N–H and O–H groups in total. The number of nitrogens with zero attached hydrogens (tertiary/aromatic N) is 6. The summed E-state index contributed by atoms with van der Waals surface area (Å²) in [5.74, 6) is 0.738. The molecule has 0 aliphatic heterocycles. The molecule has 35 heavy (non-hydrogen) atoms. The van der Waals surface area contributed by atoms with Crippen LogP contribution < -0.4 is 10.1 Å². The Balaban J connectivity index is 1.17. The number of hydrogen-bond acceptors (Lipinski definition) is 7. The van der Waals surface area contributed by atoms with Gasteiger partial charge < -0.3 is 19.2 Å². The van der Waals surface area contributed by atoms with Crippen molar-refractivity contribution in [3.05, 3.63) is 60.3 Å². The van der Waals surface area contributed by atoms with Gasteiger partial charge in [-0.05, 0) is 37.0 Å². The predicted molar refractivity (Wildman–Crippen MR) is 131 cm³/mol. The maximum atomic E-state index is 5.70. The lowest BCUT2D eigenvalue weighted by Gasteiger charge is -2.40. The van der Waals surface area contributed by atoms with E-state index >= 15 is 0 Å². The molecule has 4 heterocycles. The van der Waals surface area contributed by atoms with Gasteiger partial charge in [-0.2, -0.15) is 5.10 Å². The molecule has 4 aromatic heterocycles. The SMILES string of the molecule is COc1cc(-c2cn(Cc3cn4cc(CNCC5(OC)CCC5)ccc4n3)nn2)c2cn[nH]c2c1. The van der Waals surface area contributed by atoms with E-state index in [1.807, 2.05) is 31.6 Å². The van der Waals surface area contributed by atoms with Gasteiger partial charge in [0, 0.05) is 49.6 Å². The van der Waals surface area contributed by atoms with E-state index in [2.05, 4.69) is 48.6 Å². The van der Waals surface area contributed by atoms with Gasteiger partial charge >= 0.3 is 0 Å². The van der Waals surface area contributed by atoms with Gasteiger partial charge in [0.05, 0.1) is 42.9 Å². The van der Waals surface area contributed by atoms with Gasteiger partial charge in [0.2, 0.25) is 0 Å². The Morgan fingerprint density at radius 3 is 2.86 bits per heavy atom. The lowest BCUT2D eigenvalue weighted by atomic mass is 9.80. The second-order valence-corrected chi connectivity index (χ2v) is 9.19. The van der Waals surface area contributed by atoms with E-state index in [0.29, 0.717) is 6.54 Å². The zero-order valence-electron chi connectivity index (χ0n) is 19.9. The highest BCUT2D eigenvalue weighted by atomic mass is 16.5. The van der Waals surface area contributed by atoms with Crippen molar-refractivity contribution in [3.8, 4) is 17.0 Å². The van der Waals surface area contributed by atoms with Crippen LogP contribution in [0.15, 0.2) is 49.1 Å². The number of pyridine rings is 1. The molecule has 180 valence electrons. The van der Waals surface area contributed by atoms with E-state index in [1.165, 1.54) is 12.0 Å². The highest BCUT2D eigenvalue weighted by Crippen LogP contribution is 2.34. The first-order valence-corrected chi connectivity index (χ1v) is 11.8. The fourth-order valence-corrected chi connectivity index (χ4v) is 4.75. The first kappa shape index (κ1) is 21.8. The zero-order chi connectivity index (χ0) is 23.8.